The van der Waals surface area contributed by atoms with Crippen LogP contribution in [0.4, 0.5) is 5.69 Å². The number of nitrogens with zero attached hydrogens (tertiary/aromatic N) is 1. The molecule has 6 heteroatoms. The van der Waals surface area contributed by atoms with Gasteiger partial charge in [-0.1, -0.05) is 12.1 Å². The third kappa shape index (κ3) is 3.92. The zero-order chi connectivity index (χ0) is 15.2. The summed E-state index contributed by atoms with van der Waals surface area (Å²) in [6.45, 7) is 1.95. The predicted octanol–water partition coefficient (Wildman–Crippen LogP) is 2.28. The second-order valence-corrected chi connectivity index (χ2v) is 4.58. The van der Waals surface area contributed by atoms with Gasteiger partial charge in [-0.15, -0.1) is 0 Å². The van der Waals surface area contributed by atoms with Crippen molar-refractivity contribution in [3.63, 3.8) is 0 Å². The standard InChI is InChI=1S/C15H17N3O3/c1-10-15(17-9-16-10)11-3-5-12(6-4-11)18-13(19)7-8-14(20)21-2/h3-6,9H,7-8H2,1-2H3,(H,16,17)(H,18,19). The first-order valence-corrected chi connectivity index (χ1v) is 6.57. The molecular formula is C15H17N3O3. The average molecular weight is 287 g/mol. The molecule has 1 amide bonds. The summed E-state index contributed by atoms with van der Waals surface area (Å²) < 4.78 is 4.49. The Kier molecular flexibility index (Phi) is 4.71. The van der Waals surface area contributed by atoms with Crippen molar-refractivity contribution in [2.24, 2.45) is 0 Å². The van der Waals surface area contributed by atoms with Crippen LogP contribution in [0, 0.1) is 6.92 Å². The summed E-state index contributed by atoms with van der Waals surface area (Å²) in [7, 11) is 1.30. The molecule has 0 bridgehead atoms. The number of amides is 1. The van der Waals surface area contributed by atoms with Crippen LogP contribution >= 0.6 is 0 Å². The molecule has 6 nitrogen and oxygen atoms in total. The van der Waals surface area contributed by atoms with Crippen molar-refractivity contribution < 1.29 is 14.3 Å². The first kappa shape index (κ1) is 14.8. The Labute approximate surface area is 122 Å². The summed E-state index contributed by atoms with van der Waals surface area (Å²) >= 11 is 0. The van der Waals surface area contributed by atoms with Crippen molar-refractivity contribution in [1.29, 1.82) is 0 Å². The molecule has 2 N–H and O–H groups in total. The third-order valence-electron chi connectivity index (χ3n) is 3.06. The number of esters is 1. The quantitative estimate of drug-likeness (QED) is 0.826. The van der Waals surface area contributed by atoms with Gasteiger partial charge in [0.1, 0.15) is 0 Å². The number of H-pyrrole nitrogens is 1. The van der Waals surface area contributed by atoms with Gasteiger partial charge in [0.2, 0.25) is 5.91 Å². The van der Waals surface area contributed by atoms with Crippen LogP contribution in [-0.4, -0.2) is 29.0 Å². The Hall–Kier alpha value is -2.63. The number of hydrogen-bond donors (Lipinski definition) is 2. The van der Waals surface area contributed by atoms with E-state index in [0.29, 0.717) is 5.69 Å². The molecular weight excluding hydrogens is 270 g/mol. The van der Waals surface area contributed by atoms with E-state index in [1.54, 1.807) is 18.5 Å². The van der Waals surface area contributed by atoms with Gasteiger partial charge in [0, 0.05) is 23.4 Å². The Morgan fingerprint density at radius 3 is 2.52 bits per heavy atom. The van der Waals surface area contributed by atoms with Crippen LogP contribution in [0.1, 0.15) is 18.5 Å². The summed E-state index contributed by atoms with van der Waals surface area (Å²) in [5.74, 6) is -0.612. The highest BCUT2D eigenvalue weighted by atomic mass is 16.5. The topological polar surface area (TPSA) is 84.1 Å². The Balaban J connectivity index is 1.95. The predicted molar refractivity (Wildman–Crippen MR) is 78.6 cm³/mol. The lowest BCUT2D eigenvalue weighted by Crippen LogP contribution is -2.13. The van der Waals surface area contributed by atoms with Gasteiger partial charge >= 0.3 is 5.97 Å². The van der Waals surface area contributed by atoms with Crippen molar-refractivity contribution in [1.82, 2.24) is 9.97 Å². The van der Waals surface area contributed by atoms with Gasteiger partial charge in [0.05, 0.1) is 25.6 Å². The molecule has 0 saturated carbocycles. The highest BCUT2D eigenvalue weighted by molar-refractivity contribution is 5.92. The maximum atomic E-state index is 11.7. The van der Waals surface area contributed by atoms with Gasteiger partial charge in [-0.2, -0.15) is 0 Å². The zero-order valence-electron chi connectivity index (χ0n) is 12.0. The molecule has 1 heterocycles. The number of benzene rings is 1. The number of aromatic nitrogens is 2. The smallest absolute Gasteiger partial charge is 0.306 e. The molecule has 2 aromatic rings. The van der Waals surface area contributed by atoms with E-state index in [0.717, 1.165) is 17.0 Å². The first-order valence-electron chi connectivity index (χ1n) is 6.57. The molecule has 0 aliphatic rings. The van der Waals surface area contributed by atoms with Crippen LogP contribution in [-0.2, 0) is 14.3 Å². The van der Waals surface area contributed by atoms with Gasteiger partial charge < -0.3 is 15.0 Å². The van der Waals surface area contributed by atoms with Gasteiger partial charge in [0.15, 0.2) is 0 Å². The fourth-order valence-corrected chi connectivity index (χ4v) is 1.90. The molecule has 110 valence electrons. The average Bonchev–Trinajstić information content (AvgIpc) is 2.91. The number of aromatic amines is 1. The van der Waals surface area contributed by atoms with Crippen molar-refractivity contribution in [2.45, 2.75) is 19.8 Å². The number of carbonyl (C=O) groups excluding carboxylic acids is 2. The largest absolute Gasteiger partial charge is 0.469 e. The minimum Gasteiger partial charge on any atom is -0.469 e. The molecule has 1 aromatic heterocycles. The first-order chi connectivity index (χ1) is 10.1. The minimum absolute atomic E-state index is 0.0763. The molecule has 1 aromatic carbocycles. The van der Waals surface area contributed by atoms with E-state index in [1.807, 2.05) is 19.1 Å². The Bertz CT molecular complexity index is 632. The van der Waals surface area contributed by atoms with Gasteiger partial charge in [-0.25, -0.2) is 4.98 Å². The SMILES string of the molecule is COC(=O)CCC(=O)Nc1ccc(-c2nc[nH]c2C)cc1. The lowest BCUT2D eigenvalue weighted by atomic mass is 10.1. The summed E-state index contributed by atoms with van der Waals surface area (Å²) in [5.41, 5.74) is 3.53. The minimum atomic E-state index is -0.394. The van der Waals surface area contributed by atoms with E-state index in [2.05, 4.69) is 20.0 Å². The molecule has 0 fully saturated rings. The molecule has 0 radical (unpaired) electrons. The summed E-state index contributed by atoms with van der Waals surface area (Å²) in [4.78, 5) is 29.9. The lowest BCUT2D eigenvalue weighted by molar-refractivity contribution is -0.141. The molecule has 0 spiro atoms. The number of imidazole rings is 1. The molecule has 21 heavy (non-hydrogen) atoms. The highest BCUT2D eigenvalue weighted by Crippen LogP contribution is 2.21. The number of carbonyl (C=O) groups is 2. The van der Waals surface area contributed by atoms with Crippen molar-refractivity contribution in [3.05, 3.63) is 36.3 Å². The fourth-order valence-electron chi connectivity index (χ4n) is 1.90. The molecule has 0 aliphatic heterocycles. The highest BCUT2D eigenvalue weighted by Gasteiger charge is 2.08. The maximum Gasteiger partial charge on any atom is 0.306 e. The molecule has 0 saturated heterocycles. The Morgan fingerprint density at radius 1 is 1.24 bits per heavy atom. The van der Waals surface area contributed by atoms with E-state index < -0.39 is 5.97 Å². The second kappa shape index (κ2) is 6.69. The van der Waals surface area contributed by atoms with Gasteiger partial charge in [-0.3, -0.25) is 9.59 Å². The number of nitrogens with one attached hydrogen (secondary N) is 2. The number of aryl methyl sites for hydroxylation is 1. The Morgan fingerprint density at radius 2 is 1.95 bits per heavy atom. The lowest BCUT2D eigenvalue weighted by Gasteiger charge is -2.06. The van der Waals surface area contributed by atoms with Crippen LogP contribution in [0.2, 0.25) is 0 Å². The van der Waals surface area contributed by atoms with Crippen molar-refractivity contribution in [3.8, 4) is 11.3 Å². The van der Waals surface area contributed by atoms with E-state index >= 15 is 0 Å². The number of rotatable bonds is 5. The van der Waals surface area contributed by atoms with Crippen LogP contribution in [0.3, 0.4) is 0 Å². The molecule has 0 aliphatic carbocycles. The van der Waals surface area contributed by atoms with E-state index in [1.165, 1.54) is 7.11 Å². The monoisotopic (exact) mass is 287 g/mol. The van der Waals surface area contributed by atoms with E-state index in [4.69, 9.17) is 0 Å². The van der Waals surface area contributed by atoms with Crippen molar-refractivity contribution >= 4 is 17.6 Å². The van der Waals surface area contributed by atoms with E-state index in [-0.39, 0.29) is 18.7 Å². The van der Waals surface area contributed by atoms with Crippen LogP contribution < -0.4 is 5.32 Å². The molecule has 0 atom stereocenters. The third-order valence-corrected chi connectivity index (χ3v) is 3.06. The van der Waals surface area contributed by atoms with Crippen molar-refractivity contribution in [2.75, 3.05) is 12.4 Å². The number of ether oxygens (including phenoxy) is 1. The van der Waals surface area contributed by atoms with Crippen LogP contribution in [0.25, 0.3) is 11.3 Å². The molecule has 0 unspecified atom stereocenters. The number of hydrogen-bond acceptors (Lipinski definition) is 4. The summed E-state index contributed by atoms with van der Waals surface area (Å²) in [5, 5.41) is 2.73. The van der Waals surface area contributed by atoms with Crippen LogP contribution in [0.5, 0.6) is 0 Å². The summed E-state index contributed by atoms with van der Waals surface area (Å²) in [6.07, 6.45) is 1.83. The van der Waals surface area contributed by atoms with Gasteiger partial charge in [0.25, 0.3) is 0 Å². The van der Waals surface area contributed by atoms with Gasteiger partial charge in [-0.05, 0) is 19.1 Å². The number of anilines is 1. The zero-order valence-corrected chi connectivity index (χ0v) is 12.0. The summed E-state index contributed by atoms with van der Waals surface area (Å²) in [6, 6.07) is 7.39. The number of methoxy groups -OCH3 is 1. The van der Waals surface area contributed by atoms with E-state index in [9.17, 15) is 9.59 Å². The van der Waals surface area contributed by atoms with Crippen LogP contribution in [0.15, 0.2) is 30.6 Å². The second-order valence-electron chi connectivity index (χ2n) is 4.58. The molecule has 2 rings (SSSR count). The fraction of sp³-hybridized carbons (Fsp3) is 0.267. The normalized spacial score (nSPS) is 10.2. The maximum absolute atomic E-state index is 11.7.